The molecular weight excluding hydrogens is 384 g/mol. The summed E-state index contributed by atoms with van der Waals surface area (Å²) < 4.78 is 9.85. The molecule has 0 radical (unpaired) electrons. The van der Waals surface area contributed by atoms with Crippen molar-refractivity contribution in [2.75, 3.05) is 31.1 Å². The molecule has 1 aliphatic heterocycles. The molecule has 0 unspecified atom stereocenters. The van der Waals surface area contributed by atoms with Crippen LogP contribution in [0.2, 0.25) is 5.02 Å². The molecule has 1 fully saturated rings. The summed E-state index contributed by atoms with van der Waals surface area (Å²) in [6.45, 7) is 2.54. The van der Waals surface area contributed by atoms with Crippen LogP contribution in [0, 0.1) is 0 Å². The maximum Gasteiger partial charge on any atom is 0.415 e. The number of halogens is 1. The molecule has 0 aliphatic carbocycles. The van der Waals surface area contributed by atoms with Crippen molar-refractivity contribution in [1.82, 2.24) is 14.3 Å². The highest BCUT2D eigenvalue weighted by atomic mass is 35.5. The minimum absolute atomic E-state index is 0.348. The molecule has 1 aromatic heterocycles. The van der Waals surface area contributed by atoms with Gasteiger partial charge in [0.2, 0.25) is 5.13 Å². The van der Waals surface area contributed by atoms with Crippen LogP contribution in [0.1, 0.15) is 0 Å². The van der Waals surface area contributed by atoms with Crippen molar-refractivity contribution in [3.63, 3.8) is 0 Å². The fourth-order valence-electron chi connectivity index (χ4n) is 2.80. The molecule has 2 aromatic carbocycles. The zero-order valence-electron chi connectivity index (χ0n) is 14.4. The Hall–Kier alpha value is -2.64. The molecule has 3 aromatic rings. The Bertz CT molecular complexity index is 909. The summed E-state index contributed by atoms with van der Waals surface area (Å²) in [5, 5.41) is 1.48. The van der Waals surface area contributed by atoms with Gasteiger partial charge in [0.1, 0.15) is 5.75 Å². The summed E-state index contributed by atoms with van der Waals surface area (Å²) in [6, 6.07) is 16.7. The van der Waals surface area contributed by atoms with E-state index in [1.54, 1.807) is 29.2 Å². The number of benzene rings is 2. The van der Waals surface area contributed by atoms with E-state index in [0.717, 1.165) is 16.5 Å². The van der Waals surface area contributed by atoms with E-state index in [-0.39, 0.29) is 6.09 Å². The molecule has 2 heterocycles. The van der Waals surface area contributed by atoms with Gasteiger partial charge in [0.15, 0.2) is 5.82 Å². The van der Waals surface area contributed by atoms with Gasteiger partial charge in [-0.15, -0.1) is 0 Å². The Morgan fingerprint density at radius 1 is 1.00 bits per heavy atom. The number of nitrogens with zero attached hydrogens (tertiary/aromatic N) is 4. The SMILES string of the molecule is O=C(Oc1ccc(Cl)cc1)N1CCN(c2nc(-c3ccccc3)ns2)CC1. The van der Waals surface area contributed by atoms with Crippen LogP contribution in [0.15, 0.2) is 54.6 Å². The van der Waals surface area contributed by atoms with E-state index in [9.17, 15) is 4.79 Å². The fourth-order valence-corrected chi connectivity index (χ4v) is 3.66. The zero-order chi connectivity index (χ0) is 18.6. The monoisotopic (exact) mass is 400 g/mol. The van der Waals surface area contributed by atoms with Gasteiger partial charge in [0.05, 0.1) is 0 Å². The van der Waals surface area contributed by atoms with Gasteiger partial charge in [0.25, 0.3) is 0 Å². The van der Waals surface area contributed by atoms with Crippen molar-refractivity contribution in [2.24, 2.45) is 0 Å². The third-order valence-corrected chi connectivity index (χ3v) is 5.30. The van der Waals surface area contributed by atoms with E-state index in [0.29, 0.717) is 37.0 Å². The Morgan fingerprint density at radius 3 is 2.41 bits per heavy atom. The standard InChI is InChI=1S/C19H17ClN4O2S/c20-15-6-8-16(9-7-15)26-19(25)24-12-10-23(11-13-24)18-21-17(22-27-18)14-4-2-1-3-5-14/h1-9H,10-13H2. The molecule has 0 bridgehead atoms. The lowest BCUT2D eigenvalue weighted by Crippen LogP contribution is -2.49. The van der Waals surface area contributed by atoms with E-state index in [1.807, 2.05) is 30.3 Å². The number of rotatable bonds is 3. The molecule has 1 aliphatic rings. The lowest BCUT2D eigenvalue weighted by atomic mass is 10.2. The van der Waals surface area contributed by atoms with E-state index in [4.69, 9.17) is 16.3 Å². The maximum absolute atomic E-state index is 12.3. The molecule has 8 heteroatoms. The molecule has 0 saturated carbocycles. The summed E-state index contributed by atoms with van der Waals surface area (Å²) in [5.41, 5.74) is 1.00. The number of piperazine rings is 1. The fraction of sp³-hybridized carbons (Fsp3) is 0.211. The zero-order valence-corrected chi connectivity index (χ0v) is 16.0. The molecular formula is C19H17ClN4O2S. The summed E-state index contributed by atoms with van der Waals surface area (Å²) in [5.74, 6) is 1.23. The van der Waals surface area contributed by atoms with E-state index >= 15 is 0 Å². The predicted molar refractivity (Wildman–Crippen MR) is 107 cm³/mol. The number of aromatic nitrogens is 2. The molecule has 0 N–H and O–H groups in total. The quantitative estimate of drug-likeness (QED) is 0.660. The first-order valence-electron chi connectivity index (χ1n) is 8.55. The molecule has 1 amide bonds. The summed E-state index contributed by atoms with van der Waals surface area (Å²) in [7, 11) is 0. The molecule has 0 spiro atoms. The normalized spacial score (nSPS) is 14.3. The van der Waals surface area contributed by atoms with Crippen LogP contribution in [0.25, 0.3) is 11.4 Å². The van der Waals surface area contributed by atoms with Gasteiger partial charge < -0.3 is 14.5 Å². The smallest absolute Gasteiger partial charge is 0.410 e. The van der Waals surface area contributed by atoms with Crippen molar-refractivity contribution >= 4 is 34.4 Å². The third kappa shape index (κ3) is 4.20. The molecule has 4 rings (SSSR count). The third-order valence-electron chi connectivity index (χ3n) is 4.27. The number of anilines is 1. The van der Waals surface area contributed by atoms with Crippen molar-refractivity contribution in [1.29, 1.82) is 0 Å². The van der Waals surface area contributed by atoms with Crippen molar-refractivity contribution < 1.29 is 9.53 Å². The number of hydrogen-bond donors (Lipinski definition) is 0. The van der Waals surface area contributed by atoms with E-state index in [1.165, 1.54) is 11.5 Å². The van der Waals surface area contributed by atoms with Gasteiger partial charge in [-0.05, 0) is 24.3 Å². The van der Waals surface area contributed by atoms with Crippen molar-refractivity contribution in [2.45, 2.75) is 0 Å². The lowest BCUT2D eigenvalue weighted by molar-refractivity contribution is 0.149. The van der Waals surface area contributed by atoms with E-state index in [2.05, 4.69) is 14.3 Å². The molecule has 27 heavy (non-hydrogen) atoms. The Kier molecular flexibility index (Phi) is 5.22. The van der Waals surface area contributed by atoms with Crippen molar-refractivity contribution in [3.05, 3.63) is 59.6 Å². The molecule has 138 valence electrons. The van der Waals surface area contributed by atoms with E-state index < -0.39 is 0 Å². The van der Waals surface area contributed by atoms with Crippen LogP contribution in [-0.4, -0.2) is 46.5 Å². The van der Waals surface area contributed by atoms with Crippen LogP contribution < -0.4 is 9.64 Å². The minimum Gasteiger partial charge on any atom is -0.410 e. The molecule has 1 saturated heterocycles. The average molecular weight is 401 g/mol. The Labute approximate surface area is 166 Å². The second-order valence-electron chi connectivity index (χ2n) is 6.06. The Balaban J connectivity index is 1.34. The van der Waals surface area contributed by atoms with Crippen LogP contribution in [-0.2, 0) is 0 Å². The summed E-state index contributed by atoms with van der Waals surface area (Å²) in [6.07, 6.45) is -0.348. The van der Waals surface area contributed by atoms with Gasteiger partial charge in [-0.1, -0.05) is 41.9 Å². The van der Waals surface area contributed by atoms with Gasteiger partial charge in [-0.25, -0.2) is 4.79 Å². The number of carbonyl (C=O) groups excluding carboxylic acids is 1. The number of hydrogen-bond acceptors (Lipinski definition) is 6. The first kappa shape index (κ1) is 17.8. The highest BCUT2D eigenvalue weighted by molar-refractivity contribution is 7.09. The van der Waals surface area contributed by atoms with Crippen LogP contribution >= 0.6 is 23.1 Å². The number of carbonyl (C=O) groups is 1. The predicted octanol–water partition coefficient (Wildman–Crippen LogP) is 4.18. The lowest BCUT2D eigenvalue weighted by Gasteiger charge is -2.33. The summed E-state index contributed by atoms with van der Waals surface area (Å²) >= 11 is 7.23. The highest BCUT2D eigenvalue weighted by Gasteiger charge is 2.24. The first-order chi connectivity index (χ1) is 13.2. The Morgan fingerprint density at radius 2 is 1.70 bits per heavy atom. The average Bonchev–Trinajstić information content (AvgIpc) is 3.21. The molecule has 0 atom stereocenters. The summed E-state index contributed by atoms with van der Waals surface area (Å²) in [4.78, 5) is 20.8. The largest absolute Gasteiger partial charge is 0.415 e. The van der Waals surface area contributed by atoms with Crippen LogP contribution in [0.4, 0.5) is 9.93 Å². The minimum atomic E-state index is -0.348. The highest BCUT2D eigenvalue weighted by Crippen LogP contribution is 2.25. The topological polar surface area (TPSA) is 58.6 Å². The van der Waals surface area contributed by atoms with Gasteiger partial charge in [-0.3, -0.25) is 0 Å². The maximum atomic E-state index is 12.3. The van der Waals surface area contributed by atoms with Crippen LogP contribution in [0.3, 0.4) is 0 Å². The number of amides is 1. The van der Waals surface area contributed by atoms with Gasteiger partial charge in [0, 0.05) is 48.3 Å². The second kappa shape index (κ2) is 7.94. The molecule has 6 nitrogen and oxygen atoms in total. The van der Waals surface area contributed by atoms with Gasteiger partial charge in [-0.2, -0.15) is 9.36 Å². The first-order valence-corrected chi connectivity index (χ1v) is 9.70. The second-order valence-corrected chi connectivity index (χ2v) is 7.23. The van der Waals surface area contributed by atoms with Crippen LogP contribution in [0.5, 0.6) is 5.75 Å². The van der Waals surface area contributed by atoms with Gasteiger partial charge >= 0.3 is 6.09 Å². The van der Waals surface area contributed by atoms with Crippen molar-refractivity contribution in [3.8, 4) is 17.1 Å². The number of ether oxygens (including phenoxy) is 1.